The maximum absolute atomic E-state index is 13.9. The SMILES string of the molecule is Cc1cc(NC2CCN(C(C)C)C2=O)c2cccc(F)c2n1. The van der Waals surface area contributed by atoms with E-state index in [0.29, 0.717) is 10.9 Å². The molecule has 2 aromatic rings. The van der Waals surface area contributed by atoms with Crippen molar-refractivity contribution in [2.24, 2.45) is 0 Å². The van der Waals surface area contributed by atoms with Crippen LogP contribution in [-0.2, 0) is 4.79 Å². The fourth-order valence-electron chi connectivity index (χ4n) is 3.00. The number of carbonyl (C=O) groups excluding carboxylic acids is 1. The molecule has 1 saturated heterocycles. The maximum Gasteiger partial charge on any atom is 0.245 e. The first kappa shape index (κ1) is 14.8. The van der Waals surface area contributed by atoms with Crippen molar-refractivity contribution in [2.75, 3.05) is 11.9 Å². The molecule has 2 heterocycles. The minimum Gasteiger partial charge on any atom is -0.373 e. The lowest BCUT2D eigenvalue weighted by atomic mass is 10.1. The van der Waals surface area contributed by atoms with E-state index in [1.807, 2.05) is 37.8 Å². The molecule has 1 amide bonds. The van der Waals surface area contributed by atoms with Crippen LogP contribution in [0.15, 0.2) is 24.3 Å². The van der Waals surface area contributed by atoms with E-state index < -0.39 is 0 Å². The molecular weight excluding hydrogens is 281 g/mol. The van der Waals surface area contributed by atoms with E-state index in [1.54, 1.807) is 6.07 Å². The van der Waals surface area contributed by atoms with Crippen LogP contribution in [0.5, 0.6) is 0 Å². The summed E-state index contributed by atoms with van der Waals surface area (Å²) in [7, 11) is 0. The van der Waals surface area contributed by atoms with Gasteiger partial charge in [0.05, 0.1) is 0 Å². The number of amides is 1. The van der Waals surface area contributed by atoms with Crippen molar-refractivity contribution in [1.29, 1.82) is 0 Å². The smallest absolute Gasteiger partial charge is 0.245 e. The van der Waals surface area contributed by atoms with Gasteiger partial charge in [0.15, 0.2) is 0 Å². The lowest BCUT2D eigenvalue weighted by Crippen LogP contribution is -2.37. The highest BCUT2D eigenvalue weighted by atomic mass is 19.1. The molecule has 1 aliphatic heterocycles. The fourth-order valence-corrected chi connectivity index (χ4v) is 3.00. The highest BCUT2D eigenvalue weighted by molar-refractivity contribution is 5.95. The van der Waals surface area contributed by atoms with E-state index in [0.717, 1.165) is 24.3 Å². The second-order valence-electron chi connectivity index (χ2n) is 6.06. The number of carbonyl (C=O) groups is 1. The van der Waals surface area contributed by atoms with Gasteiger partial charge < -0.3 is 10.2 Å². The van der Waals surface area contributed by atoms with Gasteiger partial charge in [0.2, 0.25) is 5.91 Å². The third-order valence-electron chi connectivity index (χ3n) is 4.11. The number of rotatable bonds is 3. The van der Waals surface area contributed by atoms with Crippen LogP contribution in [0.4, 0.5) is 10.1 Å². The highest BCUT2D eigenvalue weighted by Crippen LogP contribution is 2.27. The molecule has 116 valence electrons. The molecule has 0 radical (unpaired) electrons. The summed E-state index contributed by atoms with van der Waals surface area (Å²) in [6.45, 7) is 6.61. The molecule has 1 N–H and O–H groups in total. The molecule has 3 rings (SSSR count). The van der Waals surface area contributed by atoms with Crippen LogP contribution in [0.2, 0.25) is 0 Å². The number of benzene rings is 1. The van der Waals surface area contributed by atoms with Gasteiger partial charge in [0.25, 0.3) is 0 Å². The summed E-state index contributed by atoms with van der Waals surface area (Å²) in [4.78, 5) is 18.5. The van der Waals surface area contributed by atoms with E-state index in [1.165, 1.54) is 6.07 Å². The first-order chi connectivity index (χ1) is 10.5. The average Bonchev–Trinajstić information content (AvgIpc) is 2.81. The van der Waals surface area contributed by atoms with Crippen molar-refractivity contribution >= 4 is 22.5 Å². The minimum atomic E-state index is -0.342. The Bertz CT molecular complexity index is 729. The van der Waals surface area contributed by atoms with Gasteiger partial charge in [-0.2, -0.15) is 0 Å². The van der Waals surface area contributed by atoms with Crippen molar-refractivity contribution in [3.8, 4) is 0 Å². The lowest BCUT2D eigenvalue weighted by Gasteiger charge is -2.21. The molecule has 4 nitrogen and oxygen atoms in total. The lowest BCUT2D eigenvalue weighted by molar-refractivity contribution is -0.129. The summed E-state index contributed by atoms with van der Waals surface area (Å²) in [5.74, 6) is -0.236. The topological polar surface area (TPSA) is 45.2 Å². The number of anilines is 1. The molecule has 1 aromatic heterocycles. The second kappa shape index (κ2) is 5.55. The van der Waals surface area contributed by atoms with Crippen molar-refractivity contribution < 1.29 is 9.18 Å². The number of fused-ring (bicyclic) bond motifs is 1. The van der Waals surface area contributed by atoms with E-state index in [-0.39, 0.29) is 23.8 Å². The van der Waals surface area contributed by atoms with Gasteiger partial charge >= 0.3 is 0 Å². The molecule has 5 heteroatoms. The molecule has 0 aliphatic carbocycles. The molecule has 1 fully saturated rings. The predicted octanol–water partition coefficient (Wildman–Crippen LogP) is 3.10. The van der Waals surface area contributed by atoms with Crippen LogP contribution >= 0.6 is 0 Å². The monoisotopic (exact) mass is 301 g/mol. The number of likely N-dealkylation sites (tertiary alicyclic amines) is 1. The zero-order chi connectivity index (χ0) is 15.9. The summed E-state index contributed by atoms with van der Waals surface area (Å²) in [5.41, 5.74) is 1.84. The molecule has 1 atom stereocenters. The number of hydrogen-bond acceptors (Lipinski definition) is 3. The van der Waals surface area contributed by atoms with Gasteiger partial charge in [-0.25, -0.2) is 9.37 Å². The Balaban J connectivity index is 1.95. The summed E-state index contributed by atoms with van der Waals surface area (Å²) in [6.07, 6.45) is 0.759. The predicted molar refractivity (Wildman–Crippen MR) is 85.3 cm³/mol. The normalized spacial score (nSPS) is 18.5. The second-order valence-corrected chi connectivity index (χ2v) is 6.06. The Kier molecular flexibility index (Phi) is 3.72. The third kappa shape index (κ3) is 2.51. The first-order valence-electron chi connectivity index (χ1n) is 7.60. The fraction of sp³-hybridized carbons (Fsp3) is 0.412. The quantitative estimate of drug-likeness (QED) is 0.947. The molecular formula is C17H20FN3O. The number of pyridine rings is 1. The maximum atomic E-state index is 13.9. The Labute approximate surface area is 129 Å². The van der Waals surface area contributed by atoms with E-state index in [9.17, 15) is 9.18 Å². The standard InChI is InChI=1S/C17H20FN3O/c1-10(2)21-8-7-14(17(21)22)20-15-9-11(3)19-16-12(15)5-4-6-13(16)18/h4-6,9-10,14H,7-8H2,1-3H3,(H,19,20). The van der Waals surface area contributed by atoms with Crippen molar-refractivity contribution in [2.45, 2.75) is 39.3 Å². The number of nitrogens with one attached hydrogen (secondary N) is 1. The Morgan fingerprint density at radius 3 is 2.86 bits per heavy atom. The van der Waals surface area contributed by atoms with Crippen LogP contribution in [-0.4, -0.2) is 34.4 Å². The summed E-state index contributed by atoms with van der Waals surface area (Å²) in [6, 6.07) is 6.71. The number of aromatic nitrogens is 1. The van der Waals surface area contributed by atoms with Crippen LogP contribution in [0.1, 0.15) is 26.0 Å². The van der Waals surface area contributed by atoms with Crippen molar-refractivity contribution in [3.05, 3.63) is 35.8 Å². The van der Waals surface area contributed by atoms with Gasteiger partial charge in [-0.3, -0.25) is 4.79 Å². The van der Waals surface area contributed by atoms with Crippen LogP contribution < -0.4 is 5.32 Å². The van der Waals surface area contributed by atoms with Crippen LogP contribution in [0, 0.1) is 12.7 Å². The molecule has 0 spiro atoms. The number of aryl methyl sites for hydroxylation is 1. The summed E-state index contributed by atoms with van der Waals surface area (Å²) < 4.78 is 13.9. The molecule has 1 aromatic carbocycles. The van der Waals surface area contributed by atoms with Crippen molar-refractivity contribution in [1.82, 2.24) is 9.88 Å². The number of hydrogen-bond donors (Lipinski definition) is 1. The average molecular weight is 301 g/mol. The van der Waals surface area contributed by atoms with Crippen LogP contribution in [0.3, 0.4) is 0 Å². The van der Waals surface area contributed by atoms with Crippen LogP contribution in [0.25, 0.3) is 10.9 Å². The molecule has 22 heavy (non-hydrogen) atoms. The molecule has 1 aliphatic rings. The van der Waals surface area contributed by atoms with Gasteiger partial charge in [-0.1, -0.05) is 12.1 Å². The molecule has 1 unspecified atom stereocenters. The van der Waals surface area contributed by atoms with Gasteiger partial charge in [-0.15, -0.1) is 0 Å². The molecule has 0 bridgehead atoms. The number of para-hydroxylation sites is 1. The zero-order valence-corrected chi connectivity index (χ0v) is 13.1. The summed E-state index contributed by atoms with van der Waals surface area (Å²) >= 11 is 0. The number of nitrogens with zero attached hydrogens (tertiary/aromatic N) is 2. The summed E-state index contributed by atoms with van der Waals surface area (Å²) in [5, 5.41) is 4.00. The minimum absolute atomic E-state index is 0.106. The van der Waals surface area contributed by atoms with Gasteiger partial charge in [-0.05, 0) is 39.3 Å². The Morgan fingerprint density at radius 2 is 2.18 bits per heavy atom. The molecule has 0 saturated carbocycles. The zero-order valence-electron chi connectivity index (χ0n) is 13.1. The van der Waals surface area contributed by atoms with Crippen molar-refractivity contribution in [3.63, 3.8) is 0 Å². The number of halogens is 1. The van der Waals surface area contributed by atoms with E-state index in [4.69, 9.17) is 0 Å². The van der Waals surface area contributed by atoms with E-state index in [2.05, 4.69) is 10.3 Å². The van der Waals surface area contributed by atoms with Gasteiger partial charge in [0.1, 0.15) is 17.4 Å². The Morgan fingerprint density at radius 1 is 1.41 bits per heavy atom. The highest BCUT2D eigenvalue weighted by Gasteiger charge is 2.33. The third-order valence-corrected chi connectivity index (χ3v) is 4.11. The Hall–Kier alpha value is -2.17. The largest absolute Gasteiger partial charge is 0.373 e. The van der Waals surface area contributed by atoms with E-state index >= 15 is 0 Å². The first-order valence-corrected chi connectivity index (χ1v) is 7.60. The van der Waals surface area contributed by atoms with Gasteiger partial charge in [0, 0.05) is 29.4 Å².